The lowest BCUT2D eigenvalue weighted by Gasteiger charge is -2.37. The number of likely N-dealkylation sites (tertiary alicyclic amines) is 1. The molecule has 2 unspecified atom stereocenters. The predicted molar refractivity (Wildman–Crippen MR) is 62.3 cm³/mol. The van der Waals surface area contributed by atoms with Crippen LogP contribution in [0.3, 0.4) is 0 Å². The Hall–Kier alpha value is -0.340. The average Bonchev–Trinajstić information content (AvgIpc) is 2.15. The normalized spacial score (nSPS) is 25.9. The maximum absolute atomic E-state index is 6.00. The highest BCUT2D eigenvalue weighted by Crippen LogP contribution is 2.18. The maximum atomic E-state index is 6.00. The van der Waals surface area contributed by atoms with E-state index in [4.69, 9.17) is 5.73 Å². The second-order valence-electron chi connectivity index (χ2n) is 4.70. The van der Waals surface area contributed by atoms with E-state index in [1.807, 2.05) is 0 Å². The summed E-state index contributed by atoms with van der Waals surface area (Å²) in [5.41, 5.74) is 7.40. The largest absolute Gasteiger partial charge is 0.327 e. The highest BCUT2D eigenvalue weighted by atomic mass is 15.2. The van der Waals surface area contributed by atoms with E-state index in [9.17, 15) is 0 Å². The molecule has 0 spiro atoms. The van der Waals surface area contributed by atoms with Crippen molar-refractivity contribution in [2.45, 2.75) is 52.1 Å². The van der Waals surface area contributed by atoms with Crippen LogP contribution in [-0.4, -0.2) is 30.1 Å². The van der Waals surface area contributed by atoms with Crippen molar-refractivity contribution in [3.05, 3.63) is 11.6 Å². The van der Waals surface area contributed by atoms with Gasteiger partial charge in [-0.2, -0.15) is 0 Å². The van der Waals surface area contributed by atoms with E-state index >= 15 is 0 Å². The molecular formula is C12H24N2. The second kappa shape index (κ2) is 5.52. The molecule has 0 amide bonds. The third-order valence-corrected chi connectivity index (χ3v) is 3.01. The molecule has 0 aromatic heterocycles. The number of nitrogens with two attached hydrogens (primary N) is 1. The zero-order valence-electron chi connectivity index (χ0n) is 9.79. The molecule has 0 bridgehead atoms. The minimum Gasteiger partial charge on any atom is -0.327 e. The van der Waals surface area contributed by atoms with Crippen LogP contribution in [0.1, 0.15) is 40.0 Å². The Morgan fingerprint density at radius 2 is 2.21 bits per heavy atom. The molecule has 0 aliphatic carbocycles. The first-order valence-corrected chi connectivity index (χ1v) is 5.74. The van der Waals surface area contributed by atoms with Crippen molar-refractivity contribution in [2.75, 3.05) is 13.1 Å². The van der Waals surface area contributed by atoms with Gasteiger partial charge in [-0.1, -0.05) is 18.1 Å². The van der Waals surface area contributed by atoms with Crippen LogP contribution in [0.5, 0.6) is 0 Å². The third kappa shape index (κ3) is 3.43. The van der Waals surface area contributed by atoms with Gasteiger partial charge in [-0.3, -0.25) is 4.90 Å². The van der Waals surface area contributed by atoms with Gasteiger partial charge in [-0.25, -0.2) is 0 Å². The van der Waals surface area contributed by atoms with Crippen molar-refractivity contribution < 1.29 is 0 Å². The molecule has 1 aliphatic heterocycles. The first-order chi connectivity index (χ1) is 6.61. The first-order valence-electron chi connectivity index (χ1n) is 5.74. The fraction of sp³-hybridized carbons (Fsp3) is 0.833. The van der Waals surface area contributed by atoms with Crippen LogP contribution in [0.25, 0.3) is 0 Å². The summed E-state index contributed by atoms with van der Waals surface area (Å²) in [6.45, 7) is 8.74. The Morgan fingerprint density at radius 3 is 2.79 bits per heavy atom. The topological polar surface area (TPSA) is 29.3 Å². The Labute approximate surface area is 88.2 Å². The third-order valence-electron chi connectivity index (χ3n) is 3.01. The predicted octanol–water partition coefficient (Wildman–Crippen LogP) is 2.15. The molecule has 1 rings (SSSR count). The van der Waals surface area contributed by atoms with Gasteiger partial charge in [-0.15, -0.1) is 0 Å². The van der Waals surface area contributed by atoms with Crippen molar-refractivity contribution >= 4 is 0 Å². The summed E-state index contributed by atoms with van der Waals surface area (Å²) in [5.74, 6) is 0. The molecule has 2 N–H and O–H groups in total. The van der Waals surface area contributed by atoms with Crippen LogP contribution in [0, 0.1) is 0 Å². The van der Waals surface area contributed by atoms with E-state index in [2.05, 4.69) is 31.7 Å². The first kappa shape index (κ1) is 11.7. The van der Waals surface area contributed by atoms with Gasteiger partial charge in [0, 0.05) is 18.6 Å². The number of allylic oxidation sites excluding steroid dienone is 1. The molecule has 14 heavy (non-hydrogen) atoms. The number of hydrogen-bond donors (Lipinski definition) is 1. The summed E-state index contributed by atoms with van der Waals surface area (Å²) >= 11 is 0. The van der Waals surface area contributed by atoms with Gasteiger partial charge in [0.25, 0.3) is 0 Å². The molecule has 0 saturated carbocycles. The highest BCUT2D eigenvalue weighted by Gasteiger charge is 2.23. The lowest BCUT2D eigenvalue weighted by Crippen LogP contribution is -2.49. The quantitative estimate of drug-likeness (QED) is 0.701. The standard InChI is InChI=1S/C12H24N2/c1-10(2)7-9-14-8-5-4-6-12(14)11(3)13/h7,11-12H,4-6,8-9,13H2,1-3H3. The lowest BCUT2D eigenvalue weighted by atomic mass is 9.97. The maximum Gasteiger partial charge on any atom is 0.0247 e. The van der Waals surface area contributed by atoms with E-state index in [0.717, 1.165) is 6.54 Å². The van der Waals surface area contributed by atoms with Gasteiger partial charge >= 0.3 is 0 Å². The van der Waals surface area contributed by atoms with Gasteiger partial charge in [0.15, 0.2) is 0 Å². The van der Waals surface area contributed by atoms with E-state index in [0.29, 0.717) is 12.1 Å². The monoisotopic (exact) mass is 196 g/mol. The number of hydrogen-bond acceptors (Lipinski definition) is 2. The van der Waals surface area contributed by atoms with Crippen LogP contribution >= 0.6 is 0 Å². The molecule has 0 aromatic rings. The number of nitrogens with zero attached hydrogens (tertiary/aromatic N) is 1. The molecule has 82 valence electrons. The minimum absolute atomic E-state index is 0.306. The van der Waals surface area contributed by atoms with Gasteiger partial charge in [-0.05, 0) is 40.2 Å². The van der Waals surface area contributed by atoms with Gasteiger partial charge < -0.3 is 5.73 Å². The Bertz CT molecular complexity index is 192. The summed E-state index contributed by atoms with van der Waals surface area (Å²) in [6.07, 6.45) is 6.26. The zero-order chi connectivity index (χ0) is 10.6. The molecule has 1 fully saturated rings. The molecule has 0 radical (unpaired) electrons. The van der Waals surface area contributed by atoms with Crippen LogP contribution in [-0.2, 0) is 0 Å². The average molecular weight is 196 g/mol. The van der Waals surface area contributed by atoms with Crippen LogP contribution in [0.15, 0.2) is 11.6 Å². The minimum atomic E-state index is 0.306. The molecule has 1 saturated heterocycles. The Morgan fingerprint density at radius 1 is 1.50 bits per heavy atom. The lowest BCUT2D eigenvalue weighted by molar-refractivity contribution is 0.146. The van der Waals surface area contributed by atoms with Crippen molar-refractivity contribution in [1.82, 2.24) is 4.90 Å². The Kier molecular flexibility index (Phi) is 4.63. The second-order valence-corrected chi connectivity index (χ2v) is 4.70. The Balaban J connectivity index is 2.50. The fourth-order valence-electron chi connectivity index (χ4n) is 2.14. The van der Waals surface area contributed by atoms with Gasteiger partial charge in [0.1, 0.15) is 0 Å². The van der Waals surface area contributed by atoms with E-state index in [1.54, 1.807) is 0 Å². The zero-order valence-corrected chi connectivity index (χ0v) is 9.79. The van der Waals surface area contributed by atoms with Gasteiger partial charge in [0.05, 0.1) is 0 Å². The summed E-state index contributed by atoms with van der Waals surface area (Å²) in [4.78, 5) is 2.53. The van der Waals surface area contributed by atoms with Crippen molar-refractivity contribution in [1.29, 1.82) is 0 Å². The smallest absolute Gasteiger partial charge is 0.0247 e. The van der Waals surface area contributed by atoms with Gasteiger partial charge in [0.2, 0.25) is 0 Å². The summed E-state index contributed by atoms with van der Waals surface area (Å²) < 4.78 is 0. The van der Waals surface area contributed by atoms with Crippen molar-refractivity contribution in [3.8, 4) is 0 Å². The molecule has 2 nitrogen and oxygen atoms in total. The highest BCUT2D eigenvalue weighted by molar-refractivity contribution is 4.97. The van der Waals surface area contributed by atoms with Crippen LogP contribution in [0.4, 0.5) is 0 Å². The van der Waals surface area contributed by atoms with Crippen molar-refractivity contribution in [2.24, 2.45) is 5.73 Å². The van der Waals surface area contributed by atoms with E-state index in [-0.39, 0.29) is 0 Å². The molecule has 2 heteroatoms. The number of rotatable bonds is 3. The summed E-state index contributed by atoms with van der Waals surface area (Å²) in [5, 5.41) is 0. The molecule has 0 aromatic carbocycles. The summed E-state index contributed by atoms with van der Waals surface area (Å²) in [7, 11) is 0. The van der Waals surface area contributed by atoms with Crippen molar-refractivity contribution in [3.63, 3.8) is 0 Å². The molecule has 1 aliphatic rings. The fourth-order valence-corrected chi connectivity index (χ4v) is 2.14. The SMILES string of the molecule is CC(C)=CCN1CCCCC1C(C)N. The molecule has 2 atom stereocenters. The van der Waals surface area contributed by atoms with E-state index in [1.165, 1.54) is 31.4 Å². The van der Waals surface area contributed by atoms with Crippen LogP contribution in [0.2, 0.25) is 0 Å². The molecular weight excluding hydrogens is 172 g/mol. The van der Waals surface area contributed by atoms with Crippen LogP contribution < -0.4 is 5.73 Å². The summed E-state index contributed by atoms with van der Waals surface area (Å²) in [6, 6.07) is 0.903. The number of piperidine rings is 1. The molecule has 1 heterocycles. The van der Waals surface area contributed by atoms with E-state index < -0.39 is 0 Å².